The molecule has 1 aliphatic rings. The number of rotatable bonds is 4. The van der Waals surface area contributed by atoms with Gasteiger partial charge < -0.3 is 14.8 Å². The molecule has 156 valence electrons. The van der Waals surface area contributed by atoms with E-state index in [1.54, 1.807) is 12.1 Å². The van der Waals surface area contributed by atoms with Crippen LogP contribution in [0.4, 0.5) is 5.13 Å². The molecule has 4 aromatic rings. The summed E-state index contributed by atoms with van der Waals surface area (Å²) in [7, 11) is 0. The Kier molecular flexibility index (Phi) is 4.87. The molecule has 2 aromatic carbocycles. The van der Waals surface area contributed by atoms with Crippen molar-refractivity contribution in [3.05, 3.63) is 64.0 Å². The number of para-hydroxylation sites is 1. The van der Waals surface area contributed by atoms with Crippen molar-refractivity contribution in [2.75, 3.05) is 18.5 Å². The number of ether oxygens (including phenoxy) is 2. The van der Waals surface area contributed by atoms with Gasteiger partial charge in [0.15, 0.2) is 16.6 Å². The lowest BCUT2D eigenvalue weighted by Crippen LogP contribution is -2.28. The number of hydrogen-bond acceptors (Lipinski definition) is 7. The third-order valence-electron chi connectivity index (χ3n) is 4.96. The smallest absolute Gasteiger partial charge is 0.261 e. The number of thiazole rings is 1. The van der Waals surface area contributed by atoms with Crippen molar-refractivity contribution in [3.8, 4) is 22.8 Å². The van der Waals surface area contributed by atoms with E-state index in [4.69, 9.17) is 9.47 Å². The van der Waals surface area contributed by atoms with Gasteiger partial charge in [-0.1, -0.05) is 12.1 Å². The largest absolute Gasteiger partial charge is 0.486 e. The summed E-state index contributed by atoms with van der Waals surface area (Å²) in [6.45, 7) is 2.80. The number of benzene rings is 2. The van der Waals surface area contributed by atoms with E-state index in [1.807, 2.05) is 36.6 Å². The quantitative estimate of drug-likeness (QED) is 0.530. The zero-order chi connectivity index (χ0) is 21.4. The van der Waals surface area contributed by atoms with E-state index < -0.39 is 0 Å². The molecule has 0 atom stereocenters. The molecular formula is C22H18N4O4S. The van der Waals surface area contributed by atoms with Gasteiger partial charge >= 0.3 is 0 Å². The van der Waals surface area contributed by atoms with Gasteiger partial charge in [0, 0.05) is 10.9 Å². The summed E-state index contributed by atoms with van der Waals surface area (Å²) < 4.78 is 12.5. The van der Waals surface area contributed by atoms with Gasteiger partial charge in [0.2, 0.25) is 5.91 Å². The van der Waals surface area contributed by atoms with Crippen LogP contribution in [0, 0.1) is 6.92 Å². The Morgan fingerprint density at radius 3 is 2.90 bits per heavy atom. The maximum Gasteiger partial charge on any atom is 0.261 e. The van der Waals surface area contributed by atoms with E-state index in [9.17, 15) is 9.59 Å². The molecule has 9 heteroatoms. The summed E-state index contributed by atoms with van der Waals surface area (Å²) in [6, 6.07) is 11.0. The van der Waals surface area contributed by atoms with E-state index >= 15 is 0 Å². The van der Waals surface area contributed by atoms with Crippen LogP contribution in [-0.4, -0.2) is 33.7 Å². The molecule has 1 aliphatic heterocycles. The second-order valence-corrected chi connectivity index (χ2v) is 7.95. The summed E-state index contributed by atoms with van der Waals surface area (Å²) in [4.78, 5) is 34.0. The van der Waals surface area contributed by atoms with Crippen LogP contribution in [0.1, 0.15) is 5.56 Å². The fourth-order valence-electron chi connectivity index (χ4n) is 3.43. The number of carbonyl (C=O) groups excluding carboxylic acids is 1. The molecule has 1 N–H and O–H groups in total. The first-order chi connectivity index (χ1) is 15.1. The molecule has 5 rings (SSSR count). The minimum Gasteiger partial charge on any atom is -0.486 e. The number of amides is 1. The molecule has 3 heterocycles. The Hall–Kier alpha value is -3.72. The average Bonchev–Trinajstić information content (AvgIpc) is 3.24. The van der Waals surface area contributed by atoms with Crippen LogP contribution in [0.3, 0.4) is 0 Å². The average molecular weight is 434 g/mol. The molecule has 0 radical (unpaired) electrons. The molecule has 0 unspecified atom stereocenters. The fraction of sp³-hybridized carbons (Fsp3) is 0.182. The standard InChI is InChI=1S/C22H18N4O4S/c1-13-3-2-4-15-20(13)23-12-26(21(15)28)10-19(27)25-22-24-16(11-31-22)14-5-6-17-18(9-14)30-8-7-29-17/h2-6,9,11-12H,7-8,10H2,1H3,(H,24,25,27). The van der Waals surface area contributed by atoms with Crippen molar-refractivity contribution in [2.24, 2.45) is 0 Å². The van der Waals surface area contributed by atoms with Crippen molar-refractivity contribution < 1.29 is 14.3 Å². The monoisotopic (exact) mass is 434 g/mol. The van der Waals surface area contributed by atoms with Crippen molar-refractivity contribution in [2.45, 2.75) is 13.5 Å². The number of fused-ring (bicyclic) bond motifs is 2. The maximum absolute atomic E-state index is 12.7. The maximum atomic E-state index is 12.7. The molecule has 1 amide bonds. The molecular weight excluding hydrogens is 416 g/mol. The lowest BCUT2D eigenvalue weighted by atomic mass is 10.1. The Morgan fingerprint density at radius 2 is 2.03 bits per heavy atom. The van der Waals surface area contributed by atoms with Gasteiger partial charge in [-0.2, -0.15) is 0 Å². The van der Waals surface area contributed by atoms with Crippen LogP contribution in [0.15, 0.2) is 52.9 Å². The van der Waals surface area contributed by atoms with Gasteiger partial charge in [-0.25, -0.2) is 9.97 Å². The molecule has 0 aliphatic carbocycles. The van der Waals surface area contributed by atoms with Crippen molar-refractivity contribution in [1.82, 2.24) is 14.5 Å². The van der Waals surface area contributed by atoms with Crippen LogP contribution >= 0.6 is 11.3 Å². The van der Waals surface area contributed by atoms with Crippen molar-refractivity contribution in [1.29, 1.82) is 0 Å². The van der Waals surface area contributed by atoms with Gasteiger partial charge in [0.1, 0.15) is 19.8 Å². The lowest BCUT2D eigenvalue weighted by Gasteiger charge is -2.18. The highest BCUT2D eigenvalue weighted by molar-refractivity contribution is 7.14. The summed E-state index contributed by atoms with van der Waals surface area (Å²) >= 11 is 1.31. The molecule has 31 heavy (non-hydrogen) atoms. The van der Waals surface area contributed by atoms with Gasteiger partial charge in [0.05, 0.1) is 22.9 Å². The first kappa shape index (κ1) is 19.3. The lowest BCUT2D eigenvalue weighted by molar-refractivity contribution is -0.116. The highest BCUT2D eigenvalue weighted by atomic mass is 32.1. The third kappa shape index (κ3) is 3.75. The topological polar surface area (TPSA) is 95.3 Å². The number of anilines is 1. The molecule has 0 bridgehead atoms. The summed E-state index contributed by atoms with van der Waals surface area (Å²) in [5, 5.41) is 5.55. The molecule has 0 saturated heterocycles. The van der Waals surface area contributed by atoms with Gasteiger partial charge in [-0.05, 0) is 36.8 Å². The van der Waals surface area contributed by atoms with E-state index in [-0.39, 0.29) is 18.0 Å². The third-order valence-corrected chi connectivity index (χ3v) is 5.72. The number of hydrogen-bond donors (Lipinski definition) is 1. The molecule has 2 aromatic heterocycles. The Balaban J connectivity index is 1.32. The van der Waals surface area contributed by atoms with Crippen molar-refractivity contribution >= 4 is 33.3 Å². The van der Waals surface area contributed by atoms with Gasteiger partial charge in [-0.15, -0.1) is 11.3 Å². The normalized spacial score (nSPS) is 12.7. The minimum atomic E-state index is -0.348. The van der Waals surface area contributed by atoms with Gasteiger partial charge in [-0.3, -0.25) is 14.2 Å². The summed E-state index contributed by atoms with van der Waals surface area (Å²) in [6.07, 6.45) is 1.40. The van der Waals surface area contributed by atoms with Crippen LogP contribution in [0.25, 0.3) is 22.2 Å². The number of nitrogens with one attached hydrogen (secondary N) is 1. The first-order valence-corrected chi connectivity index (χ1v) is 10.6. The van der Waals surface area contributed by atoms with E-state index in [1.165, 1.54) is 22.2 Å². The second-order valence-electron chi connectivity index (χ2n) is 7.09. The number of carbonyl (C=O) groups is 1. The van der Waals surface area contributed by atoms with Crippen LogP contribution < -0.4 is 20.3 Å². The van der Waals surface area contributed by atoms with Crippen LogP contribution in [0.5, 0.6) is 11.5 Å². The Labute approximate surface area is 181 Å². The predicted octanol–water partition coefficient (Wildman–Crippen LogP) is 3.24. The molecule has 8 nitrogen and oxygen atoms in total. The number of aryl methyl sites for hydroxylation is 1. The van der Waals surface area contributed by atoms with Crippen LogP contribution in [0.2, 0.25) is 0 Å². The zero-order valence-corrected chi connectivity index (χ0v) is 17.4. The fourth-order valence-corrected chi connectivity index (χ4v) is 4.17. The summed E-state index contributed by atoms with van der Waals surface area (Å²) in [5.74, 6) is 1.04. The minimum absolute atomic E-state index is 0.144. The SMILES string of the molecule is Cc1cccc2c(=O)n(CC(=O)Nc3nc(-c4ccc5c(c4)OCCO5)cs3)cnc12. The van der Waals surface area contributed by atoms with Gasteiger partial charge in [0.25, 0.3) is 5.56 Å². The van der Waals surface area contributed by atoms with Crippen LogP contribution in [-0.2, 0) is 11.3 Å². The predicted molar refractivity (Wildman–Crippen MR) is 118 cm³/mol. The highest BCUT2D eigenvalue weighted by Crippen LogP contribution is 2.35. The Bertz CT molecular complexity index is 1360. The van der Waals surface area contributed by atoms with E-state index in [2.05, 4.69) is 15.3 Å². The first-order valence-electron chi connectivity index (χ1n) is 9.69. The molecule has 0 saturated carbocycles. The zero-order valence-electron chi connectivity index (χ0n) is 16.6. The van der Waals surface area contributed by atoms with E-state index in [0.717, 1.165) is 16.8 Å². The second kappa shape index (κ2) is 7.84. The Morgan fingerprint density at radius 1 is 1.19 bits per heavy atom. The summed E-state index contributed by atoms with van der Waals surface area (Å²) in [5.41, 5.74) is 2.90. The molecule has 0 fully saturated rings. The molecule has 0 spiro atoms. The number of nitrogens with zero attached hydrogens (tertiary/aromatic N) is 3. The highest BCUT2D eigenvalue weighted by Gasteiger charge is 2.15. The van der Waals surface area contributed by atoms with E-state index in [0.29, 0.717) is 40.7 Å². The van der Waals surface area contributed by atoms with Crippen molar-refractivity contribution in [3.63, 3.8) is 0 Å². The number of aromatic nitrogens is 3.